The third-order valence-electron chi connectivity index (χ3n) is 1.73. The van der Waals surface area contributed by atoms with Crippen LogP contribution >= 0.6 is 11.6 Å². The summed E-state index contributed by atoms with van der Waals surface area (Å²) in [6.07, 6.45) is 1.64. The van der Waals surface area contributed by atoms with Gasteiger partial charge in [-0.25, -0.2) is 0 Å². The van der Waals surface area contributed by atoms with Crippen LogP contribution in [0.15, 0.2) is 12.3 Å². The highest BCUT2D eigenvalue weighted by molar-refractivity contribution is 6.31. The Morgan fingerprint density at radius 2 is 2.08 bits per heavy atom. The fourth-order valence-corrected chi connectivity index (χ4v) is 1.01. The zero-order chi connectivity index (χ0) is 9.35. The molecule has 1 aromatic rings. The van der Waals surface area contributed by atoms with Crippen molar-refractivity contribution in [1.82, 2.24) is 4.98 Å². The highest BCUT2D eigenvalue weighted by Crippen LogP contribution is 2.23. The second kappa shape index (κ2) is 3.04. The van der Waals surface area contributed by atoms with E-state index >= 15 is 0 Å². The maximum absolute atomic E-state index is 9.61. The van der Waals surface area contributed by atoms with Gasteiger partial charge in [-0.15, -0.1) is 0 Å². The summed E-state index contributed by atoms with van der Waals surface area (Å²) in [5, 5.41) is 10.2. The first-order valence-electron chi connectivity index (χ1n) is 3.76. The van der Waals surface area contributed by atoms with E-state index < -0.39 is 5.60 Å². The quantitative estimate of drug-likeness (QED) is 0.728. The first-order chi connectivity index (χ1) is 5.41. The molecule has 0 unspecified atom stereocenters. The number of aryl methyl sites for hydroxylation is 1. The van der Waals surface area contributed by atoms with Crippen LogP contribution in [0.4, 0.5) is 0 Å². The minimum absolute atomic E-state index is 0.592. The number of nitrogens with zero attached hydrogens (tertiary/aromatic N) is 1. The lowest BCUT2D eigenvalue weighted by atomic mass is 10.0. The van der Waals surface area contributed by atoms with Crippen LogP contribution in [-0.2, 0) is 5.60 Å². The molecule has 0 atom stereocenters. The van der Waals surface area contributed by atoms with E-state index in [9.17, 15) is 5.11 Å². The van der Waals surface area contributed by atoms with E-state index in [1.807, 2.05) is 6.92 Å². The fourth-order valence-electron chi connectivity index (χ4n) is 0.841. The summed E-state index contributed by atoms with van der Waals surface area (Å²) < 4.78 is 0. The van der Waals surface area contributed by atoms with Gasteiger partial charge >= 0.3 is 0 Å². The predicted octanol–water partition coefficient (Wildman–Crippen LogP) is 2.27. The smallest absolute Gasteiger partial charge is 0.0855 e. The van der Waals surface area contributed by atoms with Crippen LogP contribution in [0.25, 0.3) is 0 Å². The third kappa shape index (κ3) is 1.96. The molecule has 3 heteroatoms. The van der Waals surface area contributed by atoms with Crippen LogP contribution in [0.5, 0.6) is 0 Å². The van der Waals surface area contributed by atoms with E-state index in [1.165, 1.54) is 0 Å². The molecule has 12 heavy (non-hydrogen) atoms. The molecule has 0 saturated carbocycles. The lowest BCUT2D eigenvalue weighted by molar-refractivity contribution is 0.0782. The molecule has 0 aliphatic rings. The normalized spacial score (nSPS) is 11.8. The Morgan fingerprint density at radius 1 is 1.50 bits per heavy atom. The van der Waals surface area contributed by atoms with Gasteiger partial charge in [0.25, 0.3) is 0 Å². The maximum atomic E-state index is 9.61. The molecule has 1 rings (SSSR count). The summed E-state index contributed by atoms with van der Waals surface area (Å²) in [6.45, 7) is 5.24. The van der Waals surface area contributed by atoms with Crippen molar-refractivity contribution < 1.29 is 5.11 Å². The Balaban J connectivity index is 3.14. The Labute approximate surface area is 77.2 Å². The second-order valence-corrected chi connectivity index (χ2v) is 3.76. The lowest BCUT2D eigenvalue weighted by Crippen LogP contribution is -2.15. The molecule has 0 fully saturated rings. The molecule has 0 saturated heterocycles. The van der Waals surface area contributed by atoms with Gasteiger partial charge in [0, 0.05) is 11.8 Å². The van der Waals surface area contributed by atoms with Gasteiger partial charge in [0.05, 0.1) is 16.3 Å². The average molecular weight is 186 g/mol. The van der Waals surface area contributed by atoms with Gasteiger partial charge in [-0.05, 0) is 26.8 Å². The average Bonchev–Trinajstić information content (AvgIpc) is 1.92. The summed E-state index contributed by atoms with van der Waals surface area (Å²) >= 11 is 5.85. The van der Waals surface area contributed by atoms with Gasteiger partial charge in [0.15, 0.2) is 0 Å². The van der Waals surface area contributed by atoms with Crippen LogP contribution in [-0.4, -0.2) is 10.1 Å². The number of aliphatic hydroxyl groups is 1. The minimum atomic E-state index is -0.871. The van der Waals surface area contributed by atoms with Crippen molar-refractivity contribution in [3.63, 3.8) is 0 Å². The van der Waals surface area contributed by atoms with Gasteiger partial charge < -0.3 is 5.11 Å². The van der Waals surface area contributed by atoms with E-state index in [-0.39, 0.29) is 0 Å². The Morgan fingerprint density at radius 3 is 2.50 bits per heavy atom. The second-order valence-electron chi connectivity index (χ2n) is 3.35. The van der Waals surface area contributed by atoms with Crippen molar-refractivity contribution >= 4 is 11.6 Å². The molecule has 0 amide bonds. The lowest BCUT2D eigenvalue weighted by Gasteiger charge is -2.17. The van der Waals surface area contributed by atoms with Crippen molar-refractivity contribution in [3.05, 3.63) is 28.5 Å². The monoisotopic (exact) mass is 185 g/mol. The number of rotatable bonds is 1. The summed E-state index contributed by atoms with van der Waals surface area (Å²) in [6, 6.07) is 1.74. The van der Waals surface area contributed by atoms with E-state index in [1.54, 1.807) is 26.1 Å². The summed E-state index contributed by atoms with van der Waals surface area (Å²) in [7, 11) is 0. The number of halogens is 1. The van der Waals surface area contributed by atoms with Gasteiger partial charge in [0.1, 0.15) is 0 Å². The molecular weight excluding hydrogens is 174 g/mol. The summed E-state index contributed by atoms with van der Waals surface area (Å²) in [5.74, 6) is 0. The highest BCUT2D eigenvalue weighted by Gasteiger charge is 2.16. The first-order valence-corrected chi connectivity index (χ1v) is 4.14. The molecule has 0 radical (unpaired) electrons. The zero-order valence-electron chi connectivity index (χ0n) is 7.43. The molecule has 0 bridgehead atoms. The SMILES string of the molecule is Cc1ncc(C(C)(C)O)cc1Cl. The molecule has 0 spiro atoms. The molecule has 0 aliphatic heterocycles. The van der Waals surface area contributed by atoms with Crippen LogP contribution in [0.2, 0.25) is 5.02 Å². The van der Waals surface area contributed by atoms with E-state index in [4.69, 9.17) is 11.6 Å². The van der Waals surface area contributed by atoms with Crippen molar-refractivity contribution in [3.8, 4) is 0 Å². The van der Waals surface area contributed by atoms with Crippen molar-refractivity contribution in [1.29, 1.82) is 0 Å². The van der Waals surface area contributed by atoms with Gasteiger partial charge in [-0.2, -0.15) is 0 Å². The van der Waals surface area contributed by atoms with Crippen LogP contribution in [0.3, 0.4) is 0 Å². The predicted molar refractivity (Wildman–Crippen MR) is 49.2 cm³/mol. The molecule has 2 nitrogen and oxygen atoms in total. The number of hydrogen-bond acceptors (Lipinski definition) is 2. The third-order valence-corrected chi connectivity index (χ3v) is 2.11. The molecule has 1 aromatic heterocycles. The minimum Gasteiger partial charge on any atom is -0.386 e. The molecular formula is C9H12ClNO. The maximum Gasteiger partial charge on any atom is 0.0855 e. The van der Waals surface area contributed by atoms with E-state index in [0.29, 0.717) is 5.02 Å². The van der Waals surface area contributed by atoms with E-state index in [0.717, 1.165) is 11.3 Å². The topological polar surface area (TPSA) is 33.1 Å². The van der Waals surface area contributed by atoms with Gasteiger partial charge in [-0.1, -0.05) is 11.6 Å². The first kappa shape index (κ1) is 9.49. The van der Waals surface area contributed by atoms with Crippen molar-refractivity contribution in [2.45, 2.75) is 26.4 Å². The molecule has 66 valence electrons. The van der Waals surface area contributed by atoms with E-state index in [2.05, 4.69) is 4.98 Å². The number of hydrogen-bond donors (Lipinski definition) is 1. The zero-order valence-corrected chi connectivity index (χ0v) is 8.18. The highest BCUT2D eigenvalue weighted by atomic mass is 35.5. The van der Waals surface area contributed by atoms with Crippen LogP contribution in [0, 0.1) is 6.92 Å². The number of pyridine rings is 1. The number of aromatic nitrogens is 1. The molecule has 1 N–H and O–H groups in total. The fraction of sp³-hybridized carbons (Fsp3) is 0.444. The van der Waals surface area contributed by atoms with Gasteiger partial charge in [0.2, 0.25) is 0 Å². The van der Waals surface area contributed by atoms with Gasteiger partial charge in [-0.3, -0.25) is 4.98 Å². The molecule has 0 aromatic carbocycles. The Bertz CT molecular complexity index is 291. The largest absolute Gasteiger partial charge is 0.386 e. The summed E-state index contributed by atoms with van der Waals surface area (Å²) in [5.41, 5.74) is 0.646. The standard InChI is InChI=1S/C9H12ClNO/c1-6-8(10)4-7(5-11-6)9(2,3)12/h4-5,12H,1-3H3. The van der Waals surface area contributed by atoms with Crippen molar-refractivity contribution in [2.75, 3.05) is 0 Å². The van der Waals surface area contributed by atoms with Crippen LogP contribution < -0.4 is 0 Å². The summed E-state index contributed by atoms with van der Waals surface area (Å²) in [4.78, 5) is 4.05. The van der Waals surface area contributed by atoms with Crippen molar-refractivity contribution in [2.24, 2.45) is 0 Å². The molecule has 0 aliphatic carbocycles. The Hall–Kier alpha value is -0.600. The molecule has 1 heterocycles. The van der Waals surface area contributed by atoms with Crippen LogP contribution in [0.1, 0.15) is 25.1 Å². The Kier molecular flexibility index (Phi) is 2.40.